The van der Waals surface area contributed by atoms with E-state index in [2.05, 4.69) is 10.6 Å². The smallest absolute Gasteiger partial charge is 0.221 e. The maximum Gasteiger partial charge on any atom is 0.221 e. The monoisotopic (exact) mass is 172 g/mol. The summed E-state index contributed by atoms with van der Waals surface area (Å²) in [6, 6.07) is 0. The Kier molecular flexibility index (Phi) is 4.71. The average molecular weight is 172 g/mol. The van der Waals surface area contributed by atoms with E-state index in [4.69, 9.17) is 4.74 Å². The molecule has 0 radical (unpaired) electrons. The van der Waals surface area contributed by atoms with Gasteiger partial charge in [0.25, 0.3) is 0 Å². The second kappa shape index (κ2) is 5.97. The van der Waals surface area contributed by atoms with Crippen molar-refractivity contribution >= 4 is 5.91 Å². The first-order valence-electron chi connectivity index (χ1n) is 4.45. The molecule has 1 aliphatic heterocycles. The average Bonchev–Trinajstić information content (AvgIpc) is 2.11. The predicted molar refractivity (Wildman–Crippen MR) is 45.9 cm³/mol. The Bertz CT molecular complexity index is 125. The number of carbonyl (C=O) groups is 1. The Morgan fingerprint density at radius 3 is 3.00 bits per heavy atom. The summed E-state index contributed by atoms with van der Waals surface area (Å²) in [5.74, 6) is 0.105. The summed E-state index contributed by atoms with van der Waals surface area (Å²) >= 11 is 0. The summed E-state index contributed by atoms with van der Waals surface area (Å²) in [7, 11) is 0. The topological polar surface area (TPSA) is 50.4 Å². The number of nitrogens with one attached hydrogen (secondary N) is 2. The minimum atomic E-state index is 0.105. The molecule has 0 aliphatic carbocycles. The number of rotatable bonds is 0. The SMILES string of the molecule is O=C1CCNCCCOCCN1. The van der Waals surface area contributed by atoms with Crippen LogP contribution in [0.2, 0.25) is 0 Å². The quantitative estimate of drug-likeness (QED) is 0.518. The number of amides is 1. The number of hydrogen-bond donors (Lipinski definition) is 2. The summed E-state index contributed by atoms with van der Waals surface area (Å²) in [5.41, 5.74) is 0. The fraction of sp³-hybridized carbons (Fsp3) is 0.875. The first-order valence-corrected chi connectivity index (χ1v) is 4.45. The zero-order chi connectivity index (χ0) is 8.65. The Hall–Kier alpha value is -0.610. The van der Waals surface area contributed by atoms with Crippen LogP contribution in [0.25, 0.3) is 0 Å². The molecule has 0 bridgehead atoms. The van der Waals surface area contributed by atoms with Crippen LogP contribution in [0, 0.1) is 0 Å². The van der Waals surface area contributed by atoms with Crippen LogP contribution in [0.3, 0.4) is 0 Å². The van der Waals surface area contributed by atoms with Gasteiger partial charge in [-0.2, -0.15) is 0 Å². The summed E-state index contributed by atoms with van der Waals surface area (Å²) in [4.78, 5) is 11.0. The third-order valence-electron chi connectivity index (χ3n) is 1.74. The van der Waals surface area contributed by atoms with Crippen LogP contribution < -0.4 is 10.6 Å². The van der Waals surface area contributed by atoms with Crippen molar-refractivity contribution in [2.24, 2.45) is 0 Å². The standard InChI is InChI=1S/C8H16N2O2/c11-8-2-4-9-3-1-6-12-7-5-10-8/h9H,1-7H2,(H,10,11). The molecule has 0 aromatic rings. The molecule has 4 nitrogen and oxygen atoms in total. The van der Waals surface area contributed by atoms with Crippen molar-refractivity contribution in [2.45, 2.75) is 12.8 Å². The van der Waals surface area contributed by atoms with E-state index in [0.29, 0.717) is 19.6 Å². The van der Waals surface area contributed by atoms with Crippen LogP contribution in [0.5, 0.6) is 0 Å². The van der Waals surface area contributed by atoms with Gasteiger partial charge in [-0.3, -0.25) is 4.79 Å². The molecule has 0 unspecified atom stereocenters. The van der Waals surface area contributed by atoms with Crippen molar-refractivity contribution in [3.63, 3.8) is 0 Å². The normalized spacial score (nSPS) is 22.5. The molecule has 0 atom stereocenters. The van der Waals surface area contributed by atoms with Crippen LogP contribution in [-0.4, -0.2) is 38.8 Å². The molecule has 1 heterocycles. The number of ether oxygens (including phenoxy) is 1. The highest BCUT2D eigenvalue weighted by Crippen LogP contribution is 1.84. The zero-order valence-corrected chi connectivity index (χ0v) is 7.27. The second-order valence-corrected chi connectivity index (χ2v) is 2.82. The van der Waals surface area contributed by atoms with Gasteiger partial charge >= 0.3 is 0 Å². The Balaban J connectivity index is 2.17. The van der Waals surface area contributed by atoms with E-state index in [1.165, 1.54) is 0 Å². The number of carbonyl (C=O) groups excluding carboxylic acids is 1. The minimum Gasteiger partial charge on any atom is -0.380 e. The molecule has 0 aromatic heterocycles. The Morgan fingerprint density at radius 2 is 2.08 bits per heavy atom. The lowest BCUT2D eigenvalue weighted by atomic mass is 10.4. The maximum absolute atomic E-state index is 11.0. The molecule has 1 fully saturated rings. The van der Waals surface area contributed by atoms with E-state index in [9.17, 15) is 4.79 Å². The highest BCUT2D eigenvalue weighted by molar-refractivity contribution is 5.75. The summed E-state index contributed by atoms with van der Waals surface area (Å²) in [6.45, 7) is 3.76. The van der Waals surface area contributed by atoms with Gasteiger partial charge < -0.3 is 15.4 Å². The molecule has 70 valence electrons. The van der Waals surface area contributed by atoms with Gasteiger partial charge in [0, 0.05) is 26.1 Å². The lowest BCUT2D eigenvalue weighted by Gasteiger charge is -2.03. The first-order chi connectivity index (χ1) is 5.89. The molecular formula is C8H16N2O2. The van der Waals surface area contributed by atoms with Gasteiger partial charge in [-0.15, -0.1) is 0 Å². The third kappa shape index (κ3) is 4.31. The molecular weight excluding hydrogens is 156 g/mol. The first kappa shape index (κ1) is 9.48. The summed E-state index contributed by atoms with van der Waals surface area (Å²) in [6.07, 6.45) is 1.59. The minimum absolute atomic E-state index is 0.105. The van der Waals surface area contributed by atoms with Crippen LogP contribution in [0.15, 0.2) is 0 Å². The van der Waals surface area contributed by atoms with E-state index in [1.54, 1.807) is 0 Å². The Labute approximate surface area is 72.7 Å². The van der Waals surface area contributed by atoms with Gasteiger partial charge in [0.2, 0.25) is 5.91 Å². The molecule has 2 N–H and O–H groups in total. The van der Waals surface area contributed by atoms with Gasteiger partial charge in [0.15, 0.2) is 0 Å². The molecule has 0 aromatic carbocycles. The highest BCUT2D eigenvalue weighted by Gasteiger charge is 2.01. The lowest BCUT2D eigenvalue weighted by molar-refractivity contribution is -0.121. The molecule has 0 saturated carbocycles. The predicted octanol–water partition coefficient (Wildman–Crippen LogP) is -0.497. The van der Waals surface area contributed by atoms with Gasteiger partial charge in [-0.1, -0.05) is 0 Å². The van der Waals surface area contributed by atoms with Crippen LogP contribution in [0.1, 0.15) is 12.8 Å². The molecule has 1 amide bonds. The van der Waals surface area contributed by atoms with Crippen molar-refractivity contribution in [2.75, 3.05) is 32.8 Å². The van der Waals surface area contributed by atoms with Crippen molar-refractivity contribution < 1.29 is 9.53 Å². The largest absolute Gasteiger partial charge is 0.380 e. The Morgan fingerprint density at radius 1 is 1.17 bits per heavy atom. The van der Waals surface area contributed by atoms with Gasteiger partial charge in [-0.05, 0) is 13.0 Å². The van der Waals surface area contributed by atoms with E-state index < -0.39 is 0 Å². The van der Waals surface area contributed by atoms with Gasteiger partial charge in [-0.25, -0.2) is 0 Å². The van der Waals surface area contributed by atoms with Gasteiger partial charge in [0.1, 0.15) is 0 Å². The maximum atomic E-state index is 11.0. The molecule has 0 spiro atoms. The van der Waals surface area contributed by atoms with Crippen molar-refractivity contribution in [1.82, 2.24) is 10.6 Å². The van der Waals surface area contributed by atoms with Gasteiger partial charge in [0.05, 0.1) is 6.61 Å². The molecule has 1 aliphatic rings. The van der Waals surface area contributed by atoms with Crippen molar-refractivity contribution in [3.05, 3.63) is 0 Å². The van der Waals surface area contributed by atoms with Crippen molar-refractivity contribution in [3.8, 4) is 0 Å². The molecule has 12 heavy (non-hydrogen) atoms. The zero-order valence-electron chi connectivity index (χ0n) is 7.27. The van der Waals surface area contributed by atoms with E-state index in [-0.39, 0.29) is 5.91 Å². The molecule has 1 rings (SSSR count). The fourth-order valence-corrected chi connectivity index (χ4v) is 1.08. The number of hydrogen-bond acceptors (Lipinski definition) is 3. The van der Waals surface area contributed by atoms with Crippen LogP contribution >= 0.6 is 0 Å². The van der Waals surface area contributed by atoms with Crippen molar-refractivity contribution in [1.29, 1.82) is 0 Å². The molecule has 4 heteroatoms. The lowest BCUT2D eigenvalue weighted by Crippen LogP contribution is -2.29. The summed E-state index contributed by atoms with van der Waals surface area (Å²) < 4.78 is 5.26. The van der Waals surface area contributed by atoms with E-state index in [0.717, 1.165) is 26.1 Å². The van der Waals surface area contributed by atoms with Crippen LogP contribution in [0.4, 0.5) is 0 Å². The van der Waals surface area contributed by atoms with E-state index in [1.807, 2.05) is 0 Å². The van der Waals surface area contributed by atoms with Crippen LogP contribution in [-0.2, 0) is 9.53 Å². The fourth-order valence-electron chi connectivity index (χ4n) is 1.08. The second-order valence-electron chi connectivity index (χ2n) is 2.82. The molecule has 1 saturated heterocycles. The third-order valence-corrected chi connectivity index (χ3v) is 1.74. The summed E-state index contributed by atoms with van der Waals surface area (Å²) in [5, 5.41) is 5.95. The highest BCUT2D eigenvalue weighted by atomic mass is 16.5. The van der Waals surface area contributed by atoms with E-state index >= 15 is 0 Å².